The van der Waals surface area contributed by atoms with Crippen molar-refractivity contribution in [1.82, 2.24) is 9.80 Å². The summed E-state index contributed by atoms with van der Waals surface area (Å²) in [7, 11) is 0. The molecule has 3 amide bonds. The third-order valence-corrected chi connectivity index (χ3v) is 9.73. The van der Waals surface area contributed by atoms with Crippen molar-refractivity contribution in [1.29, 1.82) is 0 Å². The molecule has 8 nitrogen and oxygen atoms in total. The summed E-state index contributed by atoms with van der Waals surface area (Å²) >= 11 is 0. The molecule has 1 unspecified atom stereocenters. The summed E-state index contributed by atoms with van der Waals surface area (Å²) in [5, 5.41) is 10.7. The van der Waals surface area contributed by atoms with Crippen molar-refractivity contribution < 1.29 is 24.2 Å². The van der Waals surface area contributed by atoms with Gasteiger partial charge in [0.1, 0.15) is 11.6 Å². The Morgan fingerprint density at radius 1 is 0.884 bits per heavy atom. The third kappa shape index (κ3) is 4.71. The molecule has 1 N–H and O–H groups in total. The smallest absolute Gasteiger partial charge is 0.249 e. The number of likely N-dealkylation sites (tertiary alicyclic amines) is 1. The van der Waals surface area contributed by atoms with E-state index in [-0.39, 0.29) is 24.3 Å². The molecule has 8 heteroatoms. The van der Waals surface area contributed by atoms with Gasteiger partial charge in [0.25, 0.3) is 0 Å². The molecule has 2 saturated heterocycles. The molecule has 4 heterocycles. The third-order valence-electron chi connectivity index (χ3n) is 9.73. The average Bonchev–Trinajstić information content (AvgIpc) is 3.33. The van der Waals surface area contributed by atoms with Crippen molar-refractivity contribution in [2.45, 2.75) is 62.8 Å². The molecule has 6 rings (SSSR count). The van der Waals surface area contributed by atoms with E-state index < -0.39 is 35.1 Å². The van der Waals surface area contributed by atoms with Crippen LogP contribution in [0.2, 0.25) is 0 Å². The molecule has 2 fully saturated rings. The van der Waals surface area contributed by atoms with E-state index in [2.05, 4.69) is 6.92 Å². The highest BCUT2D eigenvalue weighted by Gasteiger charge is 2.76. The zero-order valence-corrected chi connectivity index (χ0v) is 25.0. The molecule has 43 heavy (non-hydrogen) atoms. The number of para-hydroxylation sites is 1. The summed E-state index contributed by atoms with van der Waals surface area (Å²) in [5.74, 6) is -2.46. The van der Waals surface area contributed by atoms with E-state index >= 15 is 0 Å². The van der Waals surface area contributed by atoms with Crippen LogP contribution < -0.4 is 4.90 Å². The van der Waals surface area contributed by atoms with Crippen LogP contribution in [-0.4, -0.2) is 82.2 Å². The lowest BCUT2D eigenvalue weighted by Gasteiger charge is -2.41. The number of ether oxygens (including phenoxy) is 1. The number of hydrogen-bond acceptors (Lipinski definition) is 5. The number of nitrogens with zero attached hydrogens (tertiary/aromatic N) is 3. The van der Waals surface area contributed by atoms with Crippen LogP contribution in [0.3, 0.4) is 0 Å². The highest BCUT2D eigenvalue weighted by Crippen LogP contribution is 2.59. The predicted octanol–water partition coefficient (Wildman–Crippen LogP) is 3.75. The first-order valence-electron chi connectivity index (χ1n) is 15.6. The maximum absolute atomic E-state index is 14.9. The first-order valence-corrected chi connectivity index (χ1v) is 15.6. The SMILES string of the molecule is CCCCN1CC=C[C@]23O[C@]4(CC)C=CCN(c5ccccc5)C(=O)[C@@H]4[C@H]2C(=O)N([C@@H](CO)Cc2ccccc2)C3C1=O. The van der Waals surface area contributed by atoms with Gasteiger partial charge in [-0.25, -0.2) is 0 Å². The number of amides is 3. The van der Waals surface area contributed by atoms with Crippen molar-refractivity contribution >= 4 is 23.4 Å². The van der Waals surface area contributed by atoms with Gasteiger partial charge in [0.05, 0.1) is 30.1 Å². The zero-order valence-electron chi connectivity index (χ0n) is 25.0. The Hall–Kier alpha value is -3.75. The van der Waals surface area contributed by atoms with Gasteiger partial charge in [-0.2, -0.15) is 0 Å². The van der Waals surface area contributed by atoms with Crippen molar-refractivity contribution in [2.75, 3.05) is 31.1 Å². The van der Waals surface area contributed by atoms with Crippen molar-refractivity contribution in [3.8, 4) is 0 Å². The first-order chi connectivity index (χ1) is 20.9. The number of anilines is 1. The number of fused-ring (bicyclic) bond motifs is 2. The molecule has 4 aliphatic rings. The largest absolute Gasteiger partial charge is 0.394 e. The maximum Gasteiger partial charge on any atom is 0.249 e. The second kappa shape index (κ2) is 11.7. The van der Waals surface area contributed by atoms with Gasteiger partial charge in [-0.3, -0.25) is 14.4 Å². The lowest BCUT2D eigenvalue weighted by atomic mass is 9.73. The van der Waals surface area contributed by atoms with Crippen molar-refractivity contribution in [3.05, 3.63) is 90.5 Å². The zero-order chi connectivity index (χ0) is 30.2. The van der Waals surface area contributed by atoms with E-state index in [1.165, 1.54) is 0 Å². The molecule has 0 aromatic heterocycles. The monoisotopic (exact) mass is 583 g/mol. The number of benzene rings is 2. The molecular weight excluding hydrogens is 542 g/mol. The second-order valence-electron chi connectivity index (χ2n) is 12.1. The summed E-state index contributed by atoms with van der Waals surface area (Å²) in [6.07, 6.45) is 10.3. The summed E-state index contributed by atoms with van der Waals surface area (Å²) in [5.41, 5.74) is -0.700. The minimum absolute atomic E-state index is 0.189. The molecule has 2 aromatic carbocycles. The van der Waals surface area contributed by atoms with Gasteiger partial charge in [0.15, 0.2) is 0 Å². The molecule has 226 valence electrons. The lowest BCUT2D eigenvalue weighted by molar-refractivity contribution is -0.155. The van der Waals surface area contributed by atoms with Crippen molar-refractivity contribution in [2.24, 2.45) is 11.8 Å². The number of unbranched alkanes of at least 4 members (excludes halogenated alkanes) is 1. The van der Waals surface area contributed by atoms with Crippen LogP contribution in [0, 0.1) is 11.8 Å². The van der Waals surface area contributed by atoms with E-state index in [4.69, 9.17) is 4.74 Å². The van der Waals surface area contributed by atoms with E-state index in [1.54, 1.807) is 14.7 Å². The van der Waals surface area contributed by atoms with Gasteiger partial charge in [0, 0.05) is 25.3 Å². The number of rotatable bonds is 9. The quantitative estimate of drug-likeness (QED) is 0.455. The fourth-order valence-corrected chi connectivity index (χ4v) is 7.67. The second-order valence-corrected chi connectivity index (χ2v) is 12.1. The number of carbonyl (C=O) groups excluding carboxylic acids is 3. The molecule has 0 saturated carbocycles. The van der Waals surface area contributed by atoms with Crippen LogP contribution in [0.4, 0.5) is 5.69 Å². The Morgan fingerprint density at radius 3 is 2.26 bits per heavy atom. The van der Waals surface area contributed by atoms with Gasteiger partial charge in [-0.15, -0.1) is 0 Å². The molecular formula is C35H41N3O5. The van der Waals surface area contributed by atoms with E-state index in [9.17, 15) is 19.5 Å². The van der Waals surface area contributed by atoms with Crippen LogP contribution in [0.1, 0.15) is 38.7 Å². The van der Waals surface area contributed by atoms with E-state index in [1.807, 2.05) is 91.9 Å². The van der Waals surface area contributed by atoms with Crippen LogP contribution >= 0.6 is 0 Å². The van der Waals surface area contributed by atoms with Gasteiger partial charge in [-0.1, -0.05) is 93.1 Å². The molecule has 4 aliphatic heterocycles. The Balaban J connectivity index is 1.49. The Morgan fingerprint density at radius 2 is 1.58 bits per heavy atom. The lowest BCUT2D eigenvalue weighted by Crippen LogP contribution is -2.59. The highest BCUT2D eigenvalue weighted by atomic mass is 16.5. The Labute approximate surface area is 253 Å². The predicted molar refractivity (Wildman–Crippen MR) is 164 cm³/mol. The Bertz CT molecular complexity index is 1410. The Kier molecular flexibility index (Phi) is 8.00. The molecule has 6 atom stereocenters. The highest BCUT2D eigenvalue weighted by molar-refractivity contribution is 6.04. The van der Waals surface area contributed by atoms with Crippen LogP contribution in [0.15, 0.2) is 85.0 Å². The van der Waals surface area contributed by atoms with E-state index in [0.717, 1.165) is 24.1 Å². The number of carbonyl (C=O) groups is 3. The van der Waals surface area contributed by atoms with E-state index in [0.29, 0.717) is 32.5 Å². The number of hydrogen-bond donors (Lipinski definition) is 1. The van der Waals surface area contributed by atoms with Crippen LogP contribution in [0.25, 0.3) is 0 Å². The normalized spacial score (nSPS) is 30.6. The molecule has 0 aliphatic carbocycles. The standard InChI is InChI=1S/C35H41N3O5/c1-3-5-20-36-21-13-19-35-29(32(41)38(30(35)33(36)42)27(24-39)23-25-14-8-6-9-15-25)28-31(40)37(26-16-10-7-11-17-26)22-12-18-34(28,4-2)43-35/h6-19,27-30,39H,3-5,20-24H2,1-2H3/t27-,28+,29+,30?,34-,35+/m1/s1. The summed E-state index contributed by atoms with van der Waals surface area (Å²) < 4.78 is 7.09. The topological polar surface area (TPSA) is 90.4 Å². The van der Waals surface area contributed by atoms with Gasteiger partial charge >= 0.3 is 0 Å². The molecule has 2 aromatic rings. The number of aliphatic hydroxyl groups excluding tert-OH is 1. The molecule has 0 radical (unpaired) electrons. The average molecular weight is 584 g/mol. The molecule has 1 spiro atoms. The van der Waals surface area contributed by atoms with Gasteiger partial charge in [0.2, 0.25) is 17.7 Å². The summed E-state index contributed by atoms with van der Waals surface area (Å²) in [6.45, 7) is 5.06. The van der Waals surface area contributed by atoms with Gasteiger partial charge < -0.3 is 24.5 Å². The first kappa shape index (κ1) is 29.3. The fourth-order valence-electron chi connectivity index (χ4n) is 7.67. The summed E-state index contributed by atoms with van der Waals surface area (Å²) in [6, 6.07) is 17.5. The summed E-state index contributed by atoms with van der Waals surface area (Å²) in [4.78, 5) is 49.1. The van der Waals surface area contributed by atoms with Crippen LogP contribution in [-0.2, 0) is 25.5 Å². The fraction of sp³-hybridized carbons (Fsp3) is 0.457. The minimum atomic E-state index is -1.35. The minimum Gasteiger partial charge on any atom is -0.394 e. The maximum atomic E-state index is 14.9. The van der Waals surface area contributed by atoms with Crippen LogP contribution in [0.5, 0.6) is 0 Å². The molecule has 0 bridgehead atoms. The number of aliphatic hydroxyl groups is 1. The van der Waals surface area contributed by atoms with Gasteiger partial charge in [-0.05, 0) is 37.0 Å². The van der Waals surface area contributed by atoms with Crippen molar-refractivity contribution in [3.63, 3.8) is 0 Å².